The number of aromatic nitrogens is 1. The number of nitrogens with zero attached hydrogens (tertiary/aromatic N) is 2. The van der Waals surface area contributed by atoms with Gasteiger partial charge in [-0.3, -0.25) is 9.79 Å². The molecule has 0 unspecified atom stereocenters. The molecule has 0 aliphatic rings. The zero-order chi connectivity index (χ0) is 18.1. The van der Waals surface area contributed by atoms with Crippen molar-refractivity contribution < 1.29 is 4.79 Å². The van der Waals surface area contributed by atoms with Gasteiger partial charge in [0, 0.05) is 37.3 Å². The fraction of sp³-hybridized carbons (Fsp3) is 0.278. The van der Waals surface area contributed by atoms with Crippen molar-refractivity contribution in [2.24, 2.45) is 4.99 Å². The van der Waals surface area contributed by atoms with Crippen LogP contribution in [0.5, 0.6) is 0 Å². The number of anilines is 1. The lowest BCUT2D eigenvalue weighted by Crippen LogP contribution is -2.38. The third-order valence-corrected chi connectivity index (χ3v) is 3.65. The summed E-state index contributed by atoms with van der Waals surface area (Å²) in [5, 5.41) is 9.78. The molecule has 7 heteroatoms. The van der Waals surface area contributed by atoms with Crippen molar-refractivity contribution in [2.45, 2.75) is 19.9 Å². The summed E-state index contributed by atoms with van der Waals surface area (Å²) in [5.74, 6) is 1.10. The normalized spacial score (nSPS) is 11.1. The van der Waals surface area contributed by atoms with Crippen molar-refractivity contribution >= 4 is 29.3 Å². The average Bonchev–Trinajstić information content (AvgIpc) is 2.59. The Morgan fingerprint density at radius 1 is 1.16 bits per heavy atom. The van der Waals surface area contributed by atoms with Crippen molar-refractivity contribution in [1.29, 1.82) is 0 Å². The summed E-state index contributed by atoms with van der Waals surface area (Å²) < 4.78 is 0. The number of carbonyl (C=O) groups is 1. The Morgan fingerprint density at radius 2 is 1.92 bits per heavy atom. The first-order valence-electron chi connectivity index (χ1n) is 7.99. The van der Waals surface area contributed by atoms with E-state index in [9.17, 15) is 4.79 Å². The molecule has 0 aliphatic carbocycles. The molecule has 0 saturated carbocycles. The highest BCUT2D eigenvalue weighted by molar-refractivity contribution is 6.30. The summed E-state index contributed by atoms with van der Waals surface area (Å²) in [4.78, 5) is 20.3. The molecule has 1 heterocycles. The zero-order valence-electron chi connectivity index (χ0n) is 14.3. The SMILES string of the molecule is CN=C(NCCC(=O)Nc1cccc(C)n1)NCc1ccc(Cl)cc1. The molecule has 0 radical (unpaired) electrons. The van der Waals surface area contributed by atoms with Gasteiger partial charge in [0.05, 0.1) is 0 Å². The molecule has 6 nitrogen and oxygen atoms in total. The van der Waals surface area contributed by atoms with E-state index >= 15 is 0 Å². The number of hydrogen-bond donors (Lipinski definition) is 3. The van der Waals surface area contributed by atoms with Crippen molar-refractivity contribution in [3.05, 3.63) is 58.7 Å². The molecule has 25 heavy (non-hydrogen) atoms. The number of carbonyl (C=O) groups excluding carboxylic acids is 1. The summed E-state index contributed by atoms with van der Waals surface area (Å²) in [7, 11) is 1.69. The number of amides is 1. The second kappa shape index (κ2) is 9.64. The minimum atomic E-state index is -0.0984. The van der Waals surface area contributed by atoms with Gasteiger partial charge < -0.3 is 16.0 Å². The van der Waals surface area contributed by atoms with E-state index in [0.29, 0.717) is 36.3 Å². The predicted octanol–water partition coefficient (Wildman–Crippen LogP) is 2.74. The summed E-state index contributed by atoms with van der Waals surface area (Å²) in [6.07, 6.45) is 0.317. The monoisotopic (exact) mass is 359 g/mol. The molecule has 1 amide bonds. The van der Waals surface area contributed by atoms with E-state index in [4.69, 9.17) is 11.6 Å². The fourth-order valence-corrected chi connectivity index (χ4v) is 2.25. The number of benzene rings is 1. The molecule has 132 valence electrons. The molecule has 1 aromatic heterocycles. The van der Waals surface area contributed by atoms with Crippen LogP contribution in [0.25, 0.3) is 0 Å². The van der Waals surface area contributed by atoms with Crippen LogP contribution in [-0.4, -0.2) is 30.4 Å². The predicted molar refractivity (Wildman–Crippen MR) is 102 cm³/mol. The van der Waals surface area contributed by atoms with Crippen molar-refractivity contribution in [1.82, 2.24) is 15.6 Å². The summed E-state index contributed by atoms with van der Waals surface area (Å²) in [6.45, 7) is 2.97. The summed E-state index contributed by atoms with van der Waals surface area (Å²) >= 11 is 5.87. The van der Waals surface area contributed by atoms with E-state index in [1.807, 2.05) is 43.3 Å². The van der Waals surface area contributed by atoms with Gasteiger partial charge in [0.2, 0.25) is 5.91 Å². The molecule has 3 N–H and O–H groups in total. The first kappa shape index (κ1) is 18.7. The average molecular weight is 360 g/mol. The van der Waals surface area contributed by atoms with Crippen LogP contribution < -0.4 is 16.0 Å². The van der Waals surface area contributed by atoms with E-state index in [1.165, 1.54) is 0 Å². The lowest BCUT2D eigenvalue weighted by Gasteiger charge is -2.12. The smallest absolute Gasteiger partial charge is 0.227 e. The largest absolute Gasteiger partial charge is 0.356 e. The fourth-order valence-electron chi connectivity index (χ4n) is 2.12. The molecular formula is C18H22ClN5O. The van der Waals surface area contributed by atoms with Crippen molar-refractivity contribution in [3.8, 4) is 0 Å². The lowest BCUT2D eigenvalue weighted by atomic mass is 10.2. The van der Waals surface area contributed by atoms with Crippen LogP contribution in [0.3, 0.4) is 0 Å². The summed E-state index contributed by atoms with van der Waals surface area (Å²) in [5.41, 5.74) is 1.96. The van der Waals surface area contributed by atoms with Crippen LogP contribution in [-0.2, 0) is 11.3 Å². The molecule has 0 atom stereocenters. The third kappa shape index (κ3) is 6.81. The van der Waals surface area contributed by atoms with Gasteiger partial charge in [0.1, 0.15) is 5.82 Å². The number of guanidine groups is 1. The molecule has 0 aliphatic heterocycles. The third-order valence-electron chi connectivity index (χ3n) is 3.40. The van der Waals surface area contributed by atoms with Gasteiger partial charge in [-0.25, -0.2) is 4.98 Å². The van der Waals surface area contributed by atoms with E-state index in [2.05, 4.69) is 25.9 Å². The Hall–Kier alpha value is -2.60. The Kier molecular flexibility index (Phi) is 7.22. The van der Waals surface area contributed by atoms with Gasteiger partial charge in [-0.15, -0.1) is 0 Å². The van der Waals surface area contributed by atoms with Crippen LogP contribution in [0, 0.1) is 6.92 Å². The van der Waals surface area contributed by atoms with Crippen LogP contribution in [0.1, 0.15) is 17.7 Å². The maximum absolute atomic E-state index is 11.9. The molecular weight excluding hydrogens is 338 g/mol. The van der Waals surface area contributed by atoms with Gasteiger partial charge in [0.25, 0.3) is 0 Å². The summed E-state index contributed by atoms with van der Waals surface area (Å²) in [6, 6.07) is 13.1. The van der Waals surface area contributed by atoms with Gasteiger partial charge in [-0.2, -0.15) is 0 Å². The number of hydrogen-bond acceptors (Lipinski definition) is 3. The van der Waals surface area contributed by atoms with Crippen LogP contribution in [0.2, 0.25) is 5.02 Å². The Balaban J connectivity index is 1.71. The number of rotatable bonds is 6. The highest BCUT2D eigenvalue weighted by atomic mass is 35.5. The van der Waals surface area contributed by atoms with Crippen molar-refractivity contribution in [3.63, 3.8) is 0 Å². The molecule has 0 saturated heterocycles. The number of aliphatic imine (C=N–C) groups is 1. The van der Waals surface area contributed by atoms with Gasteiger partial charge in [-0.1, -0.05) is 29.8 Å². The van der Waals surface area contributed by atoms with E-state index in [0.717, 1.165) is 11.3 Å². The quantitative estimate of drug-likeness (QED) is 0.547. The number of nitrogens with one attached hydrogen (secondary N) is 3. The molecule has 0 bridgehead atoms. The van der Waals surface area contributed by atoms with Crippen LogP contribution >= 0.6 is 11.6 Å². The van der Waals surface area contributed by atoms with Gasteiger partial charge >= 0.3 is 0 Å². The first-order chi connectivity index (χ1) is 12.1. The maximum Gasteiger partial charge on any atom is 0.227 e. The highest BCUT2D eigenvalue weighted by Gasteiger charge is 2.04. The molecule has 2 aromatic rings. The van der Waals surface area contributed by atoms with Crippen molar-refractivity contribution in [2.75, 3.05) is 18.9 Å². The number of pyridine rings is 1. The second-order valence-electron chi connectivity index (χ2n) is 5.44. The minimum Gasteiger partial charge on any atom is -0.356 e. The first-order valence-corrected chi connectivity index (χ1v) is 8.37. The Bertz CT molecular complexity index is 731. The van der Waals surface area contributed by atoms with Gasteiger partial charge in [0.15, 0.2) is 5.96 Å². The van der Waals surface area contributed by atoms with E-state index in [-0.39, 0.29) is 5.91 Å². The van der Waals surface area contributed by atoms with Crippen LogP contribution in [0.4, 0.5) is 5.82 Å². The topological polar surface area (TPSA) is 78.4 Å². The second-order valence-corrected chi connectivity index (χ2v) is 5.88. The Labute approximate surface area is 152 Å². The molecule has 2 rings (SSSR count). The highest BCUT2D eigenvalue weighted by Crippen LogP contribution is 2.09. The maximum atomic E-state index is 11.9. The molecule has 0 spiro atoms. The standard InChI is InChI=1S/C18H22ClN5O/c1-13-4-3-5-16(23-13)24-17(25)10-11-21-18(20-2)22-12-14-6-8-15(19)9-7-14/h3-9H,10-12H2,1-2H3,(H2,20,21,22)(H,23,24,25). The number of aryl methyl sites for hydroxylation is 1. The van der Waals surface area contributed by atoms with E-state index < -0.39 is 0 Å². The number of halogens is 1. The van der Waals surface area contributed by atoms with E-state index in [1.54, 1.807) is 13.1 Å². The zero-order valence-corrected chi connectivity index (χ0v) is 15.1. The lowest BCUT2D eigenvalue weighted by molar-refractivity contribution is -0.116. The van der Waals surface area contributed by atoms with Crippen LogP contribution in [0.15, 0.2) is 47.5 Å². The minimum absolute atomic E-state index is 0.0984. The molecule has 1 aromatic carbocycles. The Morgan fingerprint density at radius 3 is 2.60 bits per heavy atom. The van der Waals surface area contributed by atoms with Gasteiger partial charge in [-0.05, 0) is 36.8 Å². The molecule has 0 fully saturated rings.